The molecule has 1 aliphatic carbocycles. The first-order valence-electron chi connectivity index (χ1n) is 7.38. The Morgan fingerprint density at radius 1 is 0.952 bits per heavy atom. The molecule has 0 atom stereocenters. The summed E-state index contributed by atoms with van der Waals surface area (Å²) in [5, 5.41) is 0. The highest BCUT2D eigenvalue weighted by atomic mass is 16.5. The Kier molecular flexibility index (Phi) is 4.03. The molecule has 2 aromatic rings. The molecule has 0 amide bonds. The van der Waals surface area contributed by atoms with Crippen molar-refractivity contribution >= 4 is 17.7 Å². The molecule has 1 nitrogen and oxygen atoms in total. The van der Waals surface area contributed by atoms with E-state index in [1.807, 2.05) is 0 Å². The smallest absolute Gasteiger partial charge is 0.0497 e. The van der Waals surface area contributed by atoms with E-state index in [9.17, 15) is 0 Å². The molecule has 0 spiro atoms. The lowest BCUT2D eigenvalue weighted by Crippen LogP contribution is -1.95. The van der Waals surface area contributed by atoms with E-state index >= 15 is 0 Å². The van der Waals surface area contributed by atoms with Gasteiger partial charge in [-0.05, 0) is 46.7 Å². The molecule has 0 saturated heterocycles. The van der Waals surface area contributed by atoms with Gasteiger partial charge in [0.05, 0.1) is 0 Å². The van der Waals surface area contributed by atoms with Gasteiger partial charge in [-0.25, -0.2) is 0 Å². The summed E-state index contributed by atoms with van der Waals surface area (Å²) in [5.41, 5.74) is 7.83. The summed E-state index contributed by atoms with van der Waals surface area (Å²) < 4.78 is 5.20. The van der Waals surface area contributed by atoms with Crippen LogP contribution in [0.15, 0.2) is 48.5 Å². The Morgan fingerprint density at radius 2 is 1.76 bits per heavy atom. The lowest BCUT2D eigenvalue weighted by molar-refractivity contribution is 0.204. The highest BCUT2D eigenvalue weighted by molar-refractivity contribution is 5.94. The summed E-state index contributed by atoms with van der Waals surface area (Å²) in [6.45, 7) is 2.92. The van der Waals surface area contributed by atoms with Crippen molar-refractivity contribution in [1.29, 1.82) is 0 Å². The quantitative estimate of drug-likeness (QED) is 0.615. The fraction of sp³-hybridized carbons (Fsp3) is 0.200. The largest absolute Gasteiger partial charge is 0.384 e. The van der Waals surface area contributed by atoms with Gasteiger partial charge in [-0.1, -0.05) is 60.7 Å². The van der Waals surface area contributed by atoms with Crippen LogP contribution in [0.25, 0.3) is 17.7 Å². The number of hydrogen-bond donors (Lipinski definition) is 0. The summed E-state index contributed by atoms with van der Waals surface area (Å²) in [7, 11) is 1.75. The fourth-order valence-electron chi connectivity index (χ4n) is 2.88. The van der Waals surface area contributed by atoms with Crippen LogP contribution in [0.3, 0.4) is 0 Å². The molecule has 106 valence electrons. The number of fused-ring (bicyclic) bond motifs is 2. The molecule has 2 aromatic carbocycles. The molecule has 1 aliphatic rings. The second-order valence-corrected chi connectivity index (χ2v) is 5.36. The SMILES string of the molecule is COCC/C=C1/c2ccccc2C=Cc2c(C)cccc21. The number of rotatable bonds is 3. The van der Waals surface area contributed by atoms with Crippen molar-refractivity contribution in [2.75, 3.05) is 13.7 Å². The monoisotopic (exact) mass is 276 g/mol. The number of methoxy groups -OCH3 is 1. The summed E-state index contributed by atoms with van der Waals surface area (Å²) in [6.07, 6.45) is 7.68. The third kappa shape index (κ3) is 2.70. The van der Waals surface area contributed by atoms with E-state index in [1.54, 1.807) is 7.11 Å². The summed E-state index contributed by atoms with van der Waals surface area (Å²) in [6, 6.07) is 15.1. The van der Waals surface area contributed by atoms with Crippen LogP contribution in [0.5, 0.6) is 0 Å². The maximum Gasteiger partial charge on any atom is 0.0497 e. The zero-order valence-electron chi connectivity index (χ0n) is 12.6. The molecule has 0 heterocycles. The van der Waals surface area contributed by atoms with Gasteiger partial charge < -0.3 is 4.74 Å². The third-order valence-electron chi connectivity index (χ3n) is 3.97. The first-order chi connectivity index (χ1) is 10.3. The average molecular weight is 276 g/mol. The minimum Gasteiger partial charge on any atom is -0.384 e. The van der Waals surface area contributed by atoms with Crippen LogP contribution >= 0.6 is 0 Å². The van der Waals surface area contributed by atoms with Crippen molar-refractivity contribution in [2.24, 2.45) is 0 Å². The topological polar surface area (TPSA) is 9.23 Å². The van der Waals surface area contributed by atoms with Crippen molar-refractivity contribution in [3.63, 3.8) is 0 Å². The Balaban J connectivity index is 2.20. The molecule has 21 heavy (non-hydrogen) atoms. The van der Waals surface area contributed by atoms with Gasteiger partial charge in [-0.2, -0.15) is 0 Å². The molecule has 0 fully saturated rings. The molecular formula is C20H20O. The zero-order valence-corrected chi connectivity index (χ0v) is 12.6. The maximum absolute atomic E-state index is 5.20. The molecule has 0 aromatic heterocycles. The van der Waals surface area contributed by atoms with E-state index in [1.165, 1.54) is 33.4 Å². The summed E-state index contributed by atoms with van der Waals surface area (Å²) in [5.74, 6) is 0. The van der Waals surface area contributed by atoms with Gasteiger partial charge in [0.1, 0.15) is 0 Å². The van der Waals surface area contributed by atoms with Gasteiger partial charge in [0, 0.05) is 13.7 Å². The van der Waals surface area contributed by atoms with E-state index in [0.717, 1.165) is 13.0 Å². The highest BCUT2D eigenvalue weighted by Crippen LogP contribution is 2.35. The van der Waals surface area contributed by atoms with E-state index in [2.05, 4.69) is 67.6 Å². The first-order valence-corrected chi connectivity index (χ1v) is 7.38. The fourth-order valence-corrected chi connectivity index (χ4v) is 2.88. The van der Waals surface area contributed by atoms with Crippen molar-refractivity contribution in [2.45, 2.75) is 13.3 Å². The predicted molar refractivity (Wildman–Crippen MR) is 90.1 cm³/mol. The predicted octanol–water partition coefficient (Wildman–Crippen LogP) is 4.95. The molecule has 3 rings (SSSR count). The van der Waals surface area contributed by atoms with Gasteiger partial charge in [-0.3, -0.25) is 0 Å². The second-order valence-electron chi connectivity index (χ2n) is 5.36. The van der Waals surface area contributed by atoms with Crippen molar-refractivity contribution in [3.8, 4) is 0 Å². The zero-order chi connectivity index (χ0) is 14.7. The van der Waals surface area contributed by atoms with E-state index in [-0.39, 0.29) is 0 Å². The van der Waals surface area contributed by atoms with Gasteiger partial charge in [0.25, 0.3) is 0 Å². The second kappa shape index (κ2) is 6.11. The lowest BCUT2D eigenvalue weighted by Gasteiger charge is -2.13. The average Bonchev–Trinajstić information content (AvgIpc) is 2.66. The first kappa shape index (κ1) is 13.8. The minimum atomic E-state index is 0.750. The van der Waals surface area contributed by atoms with Gasteiger partial charge in [0.15, 0.2) is 0 Å². The van der Waals surface area contributed by atoms with Crippen LogP contribution in [0.1, 0.15) is 34.2 Å². The van der Waals surface area contributed by atoms with Crippen LogP contribution in [0.4, 0.5) is 0 Å². The van der Waals surface area contributed by atoms with Crippen LogP contribution in [-0.4, -0.2) is 13.7 Å². The Bertz CT molecular complexity index is 708. The molecular weight excluding hydrogens is 256 g/mol. The number of aryl methyl sites for hydroxylation is 1. The van der Waals surface area contributed by atoms with Crippen LogP contribution in [0.2, 0.25) is 0 Å². The summed E-state index contributed by atoms with van der Waals surface area (Å²) >= 11 is 0. The Hall–Kier alpha value is -2.12. The molecule has 1 heteroatoms. The molecule has 0 saturated carbocycles. The normalized spacial score (nSPS) is 14.7. The molecule has 0 radical (unpaired) electrons. The summed E-state index contributed by atoms with van der Waals surface area (Å²) in [4.78, 5) is 0. The van der Waals surface area contributed by atoms with Crippen molar-refractivity contribution < 1.29 is 4.74 Å². The number of hydrogen-bond acceptors (Lipinski definition) is 1. The standard InChI is InChI=1S/C20H20O/c1-15-7-5-10-19-17(15)13-12-16-8-3-4-9-18(16)20(19)11-6-14-21-2/h3-5,7-13H,6,14H2,1-2H3/b20-11-. The van der Waals surface area contributed by atoms with Crippen LogP contribution < -0.4 is 0 Å². The number of ether oxygens (including phenoxy) is 1. The van der Waals surface area contributed by atoms with E-state index in [0.29, 0.717) is 0 Å². The van der Waals surface area contributed by atoms with Gasteiger partial charge >= 0.3 is 0 Å². The lowest BCUT2D eigenvalue weighted by atomic mass is 9.91. The van der Waals surface area contributed by atoms with Crippen molar-refractivity contribution in [1.82, 2.24) is 0 Å². The highest BCUT2D eigenvalue weighted by Gasteiger charge is 2.15. The Morgan fingerprint density at radius 3 is 2.62 bits per heavy atom. The molecule has 0 unspecified atom stereocenters. The molecule has 0 N–H and O–H groups in total. The van der Waals surface area contributed by atoms with Gasteiger partial charge in [0.2, 0.25) is 0 Å². The molecule has 0 aliphatic heterocycles. The number of benzene rings is 2. The van der Waals surface area contributed by atoms with E-state index < -0.39 is 0 Å². The molecule has 0 bridgehead atoms. The van der Waals surface area contributed by atoms with Crippen molar-refractivity contribution in [3.05, 3.63) is 76.4 Å². The minimum absolute atomic E-state index is 0.750. The van der Waals surface area contributed by atoms with Gasteiger partial charge in [-0.15, -0.1) is 0 Å². The van der Waals surface area contributed by atoms with E-state index in [4.69, 9.17) is 4.74 Å². The third-order valence-corrected chi connectivity index (χ3v) is 3.97. The van der Waals surface area contributed by atoms with Crippen LogP contribution in [0, 0.1) is 6.92 Å². The maximum atomic E-state index is 5.20. The Labute approximate surface area is 126 Å². The van der Waals surface area contributed by atoms with Crippen LogP contribution in [-0.2, 0) is 4.74 Å².